The molecule has 1 fully saturated rings. The molecule has 0 amide bonds. The number of aromatic nitrogens is 3. The highest BCUT2D eigenvalue weighted by Gasteiger charge is 2.23. The smallest absolute Gasteiger partial charge is 0.280 e. The molecule has 2 aromatic heterocycles. The first-order valence-electron chi connectivity index (χ1n) is 7.01. The Hall–Kier alpha value is -1.77. The summed E-state index contributed by atoms with van der Waals surface area (Å²) >= 11 is 0. The van der Waals surface area contributed by atoms with Gasteiger partial charge in [-0.3, -0.25) is 4.90 Å². The molecule has 3 rings (SSSR count). The van der Waals surface area contributed by atoms with Gasteiger partial charge in [0.05, 0.1) is 6.04 Å². The standard InChI is InChI=1S/C13H19N5O3/c1-9(18-5-3-14-4-6-18)12-15-13(21-17-12)11-7-10(8-19-2)20-16-11/h7,9,14H,3-6,8H2,1-2H3. The van der Waals surface area contributed by atoms with Crippen LogP contribution in [-0.4, -0.2) is 53.5 Å². The van der Waals surface area contributed by atoms with E-state index in [2.05, 4.69) is 32.4 Å². The predicted octanol–water partition coefficient (Wildman–Crippen LogP) is 0.837. The number of piperazine rings is 1. The van der Waals surface area contributed by atoms with Gasteiger partial charge in [0, 0.05) is 39.4 Å². The van der Waals surface area contributed by atoms with Crippen LogP contribution in [0.15, 0.2) is 15.1 Å². The number of methoxy groups -OCH3 is 1. The molecule has 1 atom stereocenters. The van der Waals surface area contributed by atoms with E-state index in [1.54, 1.807) is 13.2 Å². The van der Waals surface area contributed by atoms with Crippen LogP contribution in [0.2, 0.25) is 0 Å². The van der Waals surface area contributed by atoms with Crippen LogP contribution in [0.25, 0.3) is 11.6 Å². The topological polar surface area (TPSA) is 89.5 Å². The number of ether oxygens (including phenoxy) is 1. The summed E-state index contributed by atoms with van der Waals surface area (Å²) in [6.45, 7) is 6.38. The average molecular weight is 293 g/mol. The first-order chi connectivity index (χ1) is 10.3. The third-order valence-corrected chi connectivity index (χ3v) is 3.58. The molecule has 1 aliphatic heterocycles. The van der Waals surface area contributed by atoms with E-state index in [1.165, 1.54) is 0 Å². The Morgan fingerprint density at radius 1 is 1.33 bits per heavy atom. The zero-order valence-electron chi connectivity index (χ0n) is 12.2. The number of nitrogens with zero attached hydrogens (tertiary/aromatic N) is 4. The molecule has 3 heterocycles. The Bertz CT molecular complexity index is 576. The summed E-state index contributed by atoms with van der Waals surface area (Å²) in [5, 5.41) is 11.3. The molecule has 8 heteroatoms. The van der Waals surface area contributed by atoms with Gasteiger partial charge in [-0.15, -0.1) is 0 Å². The largest absolute Gasteiger partial charge is 0.377 e. The van der Waals surface area contributed by atoms with Gasteiger partial charge >= 0.3 is 0 Å². The molecule has 0 saturated carbocycles. The van der Waals surface area contributed by atoms with Gasteiger partial charge in [0.25, 0.3) is 5.89 Å². The van der Waals surface area contributed by atoms with E-state index in [0.29, 0.717) is 29.8 Å². The summed E-state index contributed by atoms with van der Waals surface area (Å²) in [5.41, 5.74) is 0.535. The normalized spacial score (nSPS) is 18.0. The molecule has 0 bridgehead atoms. The minimum atomic E-state index is 0.120. The van der Waals surface area contributed by atoms with Gasteiger partial charge in [-0.2, -0.15) is 4.98 Å². The van der Waals surface area contributed by atoms with Crippen LogP contribution in [0.5, 0.6) is 0 Å². The van der Waals surface area contributed by atoms with Gasteiger partial charge in [0.15, 0.2) is 17.3 Å². The average Bonchev–Trinajstić information content (AvgIpc) is 3.16. The second-order valence-corrected chi connectivity index (χ2v) is 5.03. The second kappa shape index (κ2) is 6.33. The summed E-state index contributed by atoms with van der Waals surface area (Å²) in [5.74, 6) is 1.67. The predicted molar refractivity (Wildman–Crippen MR) is 73.4 cm³/mol. The highest BCUT2D eigenvalue weighted by molar-refractivity contribution is 5.45. The van der Waals surface area contributed by atoms with E-state index < -0.39 is 0 Å². The third-order valence-electron chi connectivity index (χ3n) is 3.58. The first-order valence-corrected chi connectivity index (χ1v) is 7.01. The van der Waals surface area contributed by atoms with Crippen LogP contribution in [0.4, 0.5) is 0 Å². The highest BCUT2D eigenvalue weighted by Crippen LogP contribution is 2.22. The molecule has 0 aromatic carbocycles. The third kappa shape index (κ3) is 3.12. The molecular weight excluding hydrogens is 274 g/mol. The maximum Gasteiger partial charge on any atom is 0.280 e. The van der Waals surface area contributed by atoms with Crippen molar-refractivity contribution < 1.29 is 13.8 Å². The SMILES string of the molecule is COCc1cc(-c2nc(C(C)N3CCNCC3)no2)no1. The van der Waals surface area contributed by atoms with Crippen molar-refractivity contribution in [2.45, 2.75) is 19.6 Å². The minimum absolute atomic E-state index is 0.120. The molecule has 0 spiro atoms. The highest BCUT2D eigenvalue weighted by atomic mass is 16.5. The van der Waals surface area contributed by atoms with E-state index in [-0.39, 0.29) is 6.04 Å². The van der Waals surface area contributed by atoms with Crippen molar-refractivity contribution in [1.82, 2.24) is 25.5 Å². The maximum atomic E-state index is 5.29. The Balaban J connectivity index is 1.72. The quantitative estimate of drug-likeness (QED) is 0.867. The van der Waals surface area contributed by atoms with Crippen LogP contribution in [0, 0.1) is 0 Å². The number of nitrogens with one attached hydrogen (secondary N) is 1. The van der Waals surface area contributed by atoms with E-state index in [1.807, 2.05) is 0 Å². The monoisotopic (exact) mass is 293 g/mol. The van der Waals surface area contributed by atoms with Gasteiger partial charge in [0.1, 0.15) is 6.61 Å². The van der Waals surface area contributed by atoms with Crippen molar-refractivity contribution in [3.05, 3.63) is 17.7 Å². The van der Waals surface area contributed by atoms with Gasteiger partial charge in [-0.25, -0.2) is 0 Å². The van der Waals surface area contributed by atoms with Gasteiger partial charge in [-0.05, 0) is 6.92 Å². The Morgan fingerprint density at radius 3 is 2.90 bits per heavy atom. The maximum absolute atomic E-state index is 5.29. The lowest BCUT2D eigenvalue weighted by atomic mass is 10.2. The van der Waals surface area contributed by atoms with E-state index in [0.717, 1.165) is 26.2 Å². The summed E-state index contributed by atoms with van der Waals surface area (Å²) in [6, 6.07) is 1.87. The fourth-order valence-corrected chi connectivity index (χ4v) is 2.37. The summed E-state index contributed by atoms with van der Waals surface area (Å²) in [6.07, 6.45) is 0. The molecule has 0 radical (unpaired) electrons. The lowest BCUT2D eigenvalue weighted by molar-refractivity contribution is 0.156. The molecule has 1 saturated heterocycles. The van der Waals surface area contributed by atoms with Crippen molar-refractivity contribution in [3.8, 4) is 11.6 Å². The van der Waals surface area contributed by atoms with Crippen LogP contribution in [0.1, 0.15) is 24.6 Å². The zero-order valence-corrected chi connectivity index (χ0v) is 12.2. The van der Waals surface area contributed by atoms with Crippen LogP contribution in [0.3, 0.4) is 0 Å². The number of hydrogen-bond acceptors (Lipinski definition) is 8. The van der Waals surface area contributed by atoms with E-state index >= 15 is 0 Å². The Kier molecular flexibility index (Phi) is 4.28. The number of rotatable bonds is 5. The lowest BCUT2D eigenvalue weighted by Crippen LogP contribution is -2.44. The van der Waals surface area contributed by atoms with Crippen molar-refractivity contribution in [3.63, 3.8) is 0 Å². The molecule has 21 heavy (non-hydrogen) atoms. The number of hydrogen-bond donors (Lipinski definition) is 1. The van der Waals surface area contributed by atoms with Crippen molar-refractivity contribution in [2.24, 2.45) is 0 Å². The van der Waals surface area contributed by atoms with Crippen LogP contribution < -0.4 is 5.32 Å². The van der Waals surface area contributed by atoms with Gasteiger partial charge < -0.3 is 19.1 Å². The van der Waals surface area contributed by atoms with Crippen molar-refractivity contribution in [1.29, 1.82) is 0 Å². The van der Waals surface area contributed by atoms with E-state index in [9.17, 15) is 0 Å². The first kappa shape index (κ1) is 14.2. The summed E-state index contributed by atoms with van der Waals surface area (Å²) in [7, 11) is 1.60. The second-order valence-electron chi connectivity index (χ2n) is 5.03. The summed E-state index contributed by atoms with van der Waals surface area (Å²) in [4.78, 5) is 6.75. The van der Waals surface area contributed by atoms with Crippen LogP contribution >= 0.6 is 0 Å². The molecule has 0 aliphatic carbocycles. The molecule has 1 N–H and O–H groups in total. The summed E-state index contributed by atoms with van der Waals surface area (Å²) < 4.78 is 15.4. The van der Waals surface area contributed by atoms with E-state index in [4.69, 9.17) is 13.8 Å². The fraction of sp³-hybridized carbons (Fsp3) is 0.615. The van der Waals surface area contributed by atoms with Gasteiger partial charge in [-0.1, -0.05) is 10.3 Å². The minimum Gasteiger partial charge on any atom is -0.377 e. The molecular formula is C13H19N5O3. The van der Waals surface area contributed by atoms with Crippen LogP contribution in [-0.2, 0) is 11.3 Å². The molecule has 2 aromatic rings. The molecule has 1 unspecified atom stereocenters. The van der Waals surface area contributed by atoms with Gasteiger partial charge in [0.2, 0.25) is 0 Å². The lowest BCUT2D eigenvalue weighted by Gasteiger charge is -2.30. The molecule has 8 nitrogen and oxygen atoms in total. The zero-order chi connectivity index (χ0) is 14.7. The molecule has 114 valence electrons. The molecule has 1 aliphatic rings. The van der Waals surface area contributed by atoms with Crippen molar-refractivity contribution >= 4 is 0 Å². The fourth-order valence-electron chi connectivity index (χ4n) is 2.37. The Morgan fingerprint density at radius 2 is 2.14 bits per heavy atom. The Labute approximate surface area is 122 Å². The van der Waals surface area contributed by atoms with Crippen molar-refractivity contribution in [2.75, 3.05) is 33.3 Å².